The quantitative estimate of drug-likeness (QED) is 0.391. The fourth-order valence-corrected chi connectivity index (χ4v) is 5.06. The minimum Gasteiger partial charge on any atom is -0.467 e. The van der Waals surface area contributed by atoms with Crippen LogP contribution in [0.4, 0.5) is 5.69 Å². The van der Waals surface area contributed by atoms with Gasteiger partial charge in [-0.25, -0.2) is 9.59 Å². The number of likely N-dealkylation sites (tertiary alicyclic amines) is 1. The van der Waals surface area contributed by atoms with E-state index in [-0.39, 0.29) is 42.2 Å². The van der Waals surface area contributed by atoms with Crippen molar-refractivity contribution in [3.63, 3.8) is 0 Å². The summed E-state index contributed by atoms with van der Waals surface area (Å²) in [5.74, 6) is -0.774. The van der Waals surface area contributed by atoms with Crippen LogP contribution in [0.25, 0.3) is 11.1 Å². The topological polar surface area (TPSA) is 125 Å². The van der Waals surface area contributed by atoms with E-state index in [4.69, 9.17) is 9.15 Å². The number of nitrogens with zero attached hydrogens (tertiary/aromatic N) is 3. The highest BCUT2D eigenvalue weighted by molar-refractivity contribution is 5.85. The summed E-state index contributed by atoms with van der Waals surface area (Å²) in [5, 5.41) is 10.9. The molecule has 166 valence electrons. The summed E-state index contributed by atoms with van der Waals surface area (Å²) in [7, 11) is 1.34. The molecule has 0 spiro atoms. The first-order valence-electron chi connectivity index (χ1n) is 10.6. The predicted molar refractivity (Wildman–Crippen MR) is 109 cm³/mol. The molecule has 4 rings (SSSR count). The van der Waals surface area contributed by atoms with Crippen LogP contribution in [0.5, 0.6) is 0 Å². The summed E-state index contributed by atoms with van der Waals surface area (Å²) in [5.41, 5.74) is 0.429. The van der Waals surface area contributed by atoms with Gasteiger partial charge in [-0.1, -0.05) is 12.8 Å². The average molecular weight is 431 g/mol. The number of nitro benzene ring substituents is 1. The number of benzene rings is 1. The molecule has 2 heterocycles. The van der Waals surface area contributed by atoms with Crippen LogP contribution in [-0.2, 0) is 20.9 Å². The number of hydrogen-bond donors (Lipinski definition) is 0. The Kier molecular flexibility index (Phi) is 5.79. The zero-order chi connectivity index (χ0) is 22.1. The second kappa shape index (κ2) is 8.52. The molecule has 0 N–H and O–H groups in total. The van der Waals surface area contributed by atoms with Crippen LogP contribution in [0.1, 0.15) is 44.9 Å². The summed E-state index contributed by atoms with van der Waals surface area (Å²) in [6.07, 6.45) is 5.29. The molecule has 10 heteroatoms. The third-order valence-electron chi connectivity index (χ3n) is 6.48. The van der Waals surface area contributed by atoms with Crippen LogP contribution in [0.15, 0.2) is 27.4 Å². The van der Waals surface area contributed by atoms with Crippen LogP contribution < -0.4 is 5.76 Å². The number of fused-ring (bicyclic) bond motifs is 2. The Labute approximate surface area is 177 Å². The Morgan fingerprint density at radius 2 is 2.06 bits per heavy atom. The molecule has 1 saturated carbocycles. The molecule has 1 amide bonds. The maximum absolute atomic E-state index is 13.1. The van der Waals surface area contributed by atoms with E-state index in [0.717, 1.165) is 25.7 Å². The second-order valence-electron chi connectivity index (χ2n) is 8.22. The van der Waals surface area contributed by atoms with Gasteiger partial charge in [-0.05, 0) is 37.7 Å². The molecule has 1 aliphatic heterocycles. The van der Waals surface area contributed by atoms with Crippen molar-refractivity contribution >= 4 is 28.7 Å². The van der Waals surface area contributed by atoms with E-state index in [1.165, 1.54) is 29.9 Å². The number of oxazole rings is 1. The first-order valence-corrected chi connectivity index (χ1v) is 10.6. The Hall–Kier alpha value is -3.17. The molecule has 1 aromatic carbocycles. The van der Waals surface area contributed by atoms with Gasteiger partial charge in [0.15, 0.2) is 5.58 Å². The Bertz CT molecular complexity index is 1070. The zero-order valence-corrected chi connectivity index (χ0v) is 17.3. The maximum atomic E-state index is 13.1. The molecule has 3 atom stereocenters. The number of non-ortho nitro benzene ring substituents is 1. The van der Waals surface area contributed by atoms with Crippen molar-refractivity contribution in [1.29, 1.82) is 0 Å². The number of carbonyl (C=O) groups excluding carboxylic acids is 2. The van der Waals surface area contributed by atoms with Gasteiger partial charge in [0, 0.05) is 25.1 Å². The number of hydrogen-bond acceptors (Lipinski definition) is 7. The lowest BCUT2D eigenvalue weighted by molar-refractivity contribution is -0.384. The molecule has 10 nitrogen and oxygen atoms in total. The maximum Gasteiger partial charge on any atom is 0.419 e. The largest absolute Gasteiger partial charge is 0.467 e. The monoisotopic (exact) mass is 431 g/mol. The van der Waals surface area contributed by atoms with Crippen molar-refractivity contribution in [3.8, 4) is 0 Å². The van der Waals surface area contributed by atoms with E-state index in [0.29, 0.717) is 24.3 Å². The highest BCUT2D eigenvalue weighted by atomic mass is 16.6. The number of ether oxygens (including phenoxy) is 1. The number of aryl methyl sites for hydroxylation is 1. The van der Waals surface area contributed by atoms with Gasteiger partial charge in [0.2, 0.25) is 5.91 Å². The van der Waals surface area contributed by atoms with Crippen LogP contribution in [-0.4, -0.2) is 45.5 Å². The van der Waals surface area contributed by atoms with Crippen molar-refractivity contribution in [2.45, 2.75) is 63.6 Å². The van der Waals surface area contributed by atoms with Crippen molar-refractivity contribution in [3.05, 3.63) is 38.9 Å². The number of rotatable bonds is 6. The predicted octanol–water partition coefficient (Wildman–Crippen LogP) is 2.62. The zero-order valence-electron chi connectivity index (χ0n) is 17.3. The lowest BCUT2D eigenvalue weighted by Crippen LogP contribution is -2.46. The van der Waals surface area contributed by atoms with Crippen LogP contribution in [0.3, 0.4) is 0 Å². The third kappa shape index (κ3) is 3.94. The van der Waals surface area contributed by atoms with Gasteiger partial charge in [-0.2, -0.15) is 0 Å². The van der Waals surface area contributed by atoms with Crippen molar-refractivity contribution in [1.82, 2.24) is 9.47 Å². The Morgan fingerprint density at radius 1 is 1.29 bits per heavy atom. The number of carbonyl (C=O) groups is 2. The molecule has 1 aromatic heterocycles. The summed E-state index contributed by atoms with van der Waals surface area (Å²) in [6, 6.07) is 3.53. The summed E-state index contributed by atoms with van der Waals surface area (Å²) in [4.78, 5) is 49.6. The van der Waals surface area contributed by atoms with Crippen LogP contribution >= 0.6 is 0 Å². The van der Waals surface area contributed by atoms with Crippen LogP contribution in [0, 0.1) is 16.0 Å². The van der Waals surface area contributed by atoms with Gasteiger partial charge in [0.05, 0.1) is 23.6 Å². The molecule has 31 heavy (non-hydrogen) atoms. The lowest BCUT2D eigenvalue weighted by Gasteiger charge is -2.33. The minimum atomic E-state index is -0.621. The van der Waals surface area contributed by atoms with E-state index < -0.39 is 16.7 Å². The van der Waals surface area contributed by atoms with E-state index in [1.807, 2.05) is 0 Å². The van der Waals surface area contributed by atoms with Gasteiger partial charge in [-0.15, -0.1) is 0 Å². The number of nitro groups is 1. The number of esters is 1. The Balaban J connectivity index is 1.46. The normalized spacial score (nSPS) is 23.0. The first-order chi connectivity index (χ1) is 14.9. The van der Waals surface area contributed by atoms with Gasteiger partial charge in [-0.3, -0.25) is 19.5 Å². The SMILES string of the molecule is COC(=O)[C@@H]1C[C@@H]2CCCC[C@H]2N1C(=O)CCCn1c(=O)oc2cc([N+](=O)[O-])ccc21. The summed E-state index contributed by atoms with van der Waals surface area (Å²) >= 11 is 0. The highest BCUT2D eigenvalue weighted by Crippen LogP contribution is 2.40. The van der Waals surface area contributed by atoms with E-state index in [9.17, 15) is 24.5 Å². The molecule has 0 unspecified atom stereocenters. The molecule has 2 aromatic rings. The fourth-order valence-electron chi connectivity index (χ4n) is 5.06. The van der Waals surface area contributed by atoms with E-state index in [1.54, 1.807) is 4.90 Å². The Morgan fingerprint density at radius 3 is 2.81 bits per heavy atom. The van der Waals surface area contributed by atoms with Gasteiger partial charge in [0.25, 0.3) is 5.69 Å². The molecule has 1 saturated heterocycles. The fraction of sp³-hybridized carbons (Fsp3) is 0.571. The van der Waals surface area contributed by atoms with Crippen LogP contribution in [0.2, 0.25) is 0 Å². The molecular weight excluding hydrogens is 406 g/mol. The average Bonchev–Trinajstić information content (AvgIpc) is 3.30. The highest BCUT2D eigenvalue weighted by Gasteiger charge is 2.47. The van der Waals surface area contributed by atoms with Crippen molar-refractivity contribution < 1.29 is 23.7 Å². The van der Waals surface area contributed by atoms with E-state index >= 15 is 0 Å². The number of amides is 1. The molecule has 2 aliphatic rings. The van der Waals surface area contributed by atoms with E-state index in [2.05, 4.69) is 0 Å². The lowest BCUT2D eigenvalue weighted by atomic mass is 9.84. The van der Waals surface area contributed by atoms with Gasteiger partial charge < -0.3 is 14.1 Å². The summed E-state index contributed by atoms with van der Waals surface area (Å²) < 4.78 is 11.4. The standard InChI is InChI=1S/C21H25N3O7/c1-30-20(26)17-11-13-5-2-3-6-15(13)23(17)19(25)7-4-10-22-16-9-8-14(24(28)29)12-18(16)31-21(22)27/h8-9,12-13,15,17H,2-7,10-11H2,1H3/t13-,15+,17-/m0/s1. The third-order valence-corrected chi connectivity index (χ3v) is 6.48. The minimum absolute atomic E-state index is 0.0726. The molecule has 2 fully saturated rings. The molecular formula is C21H25N3O7. The van der Waals surface area contributed by atoms with Gasteiger partial charge in [0.1, 0.15) is 6.04 Å². The molecule has 0 radical (unpaired) electrons. The van der Waals surface area contributed by atoms with Crippen molar-refractivity contribution in [2.75, 3.05) is 7.11 Å². The second-order valence-corrected chi connectivity index (χ2v) is 8.22. The molecule has 1 aliphatic carbocycles. The number of aromatic nitrogens is 1. The van der Waals surface area contributed by atoms with Crippen molar-refractivity contribution in [2.24, 2.45) is 5.92 Å². The molecule has 0 bridgehead atoms. The van der Waals surface area contributed by atoms with Gasteiger partial charge >= 0.3 is 11.7 Å². The number of methoxy groups -OCH3 is 1. The summed E-state index contributed by atoms with van der Waals surface area (Å²) in [6.45, 7) is 0.236. The smallest absolute Gasteiger partial charge is 0.419 e. The first kappa shape index (κ1) is 21.1.